The number of nitrogen functional groups attached to an aromatic ring is 1. The summed E-state index contributed by atoms with van der Waals surface area (Å²) in [5.41, 5.74) is 7.41. The Hall–Kier alpha value is -1.85. The summed E-state index contributed by atoms with van der Waals surface area (Å²) in [5, 5.41) is 0. The minimum atomic E-state index is 0.262. The third kappa shape index (κ3) is 2.84. The van der Waals surface area contributed by atoms with E-state index in [0.717, 1.165) is 18.0 Å². The highest BCUT2D eigenvalue weighted by Crippen LogP contribution is 2.28. The van der Waals surface area contributed by atoms with Crippen molar-refractivity contribution >= 4 is 17.1 Å². The number of nitrogens with zero attached hydrogens (tertiary/aromatic N) is 4. The normalized spacial score (nSPS) is 13.1. The molecule has 2 aromatic rings. The van der Waals surface area contributed by atoms with E-state index in [1.807, 2.05) is 4.57 Å². The Bertz CT molecular complexity index is 578. The first kappa shape index (κ1) is 14.6. The van der Waals surface area contributed by atoms with E-state index in [-0.39, 0.29) is 6.04 Å². The molecule has 0 radical (unpaired) electrons. The Morgan fingerprint density at radius 1 is 1.25 bits per heavy atom. The van der Waals surface area contributed by atoms with Crippen LogP contribution in [0, 0.1) is 5.92 Å². The average molecular weight is 277 g/mol. The molecule has 20 heavy (non-hydrogen) atoms. The zero-order chi connectivity index (χ0) is 14.7. The van der Waals surface area contributed by atoms with Crippen LogP contribution in [0.2, 0.25) is 0 Å². The van der Waals surface area contributed by atoms with Gasteiger partial charge in [-0.1, -0.05) is 26.7 Å². The second kappa shape index (κ2) is 6.07. The van der Waals surface area contributed by atoms with Crippen LogP contribution in [-0.4, -0.2) is 26.6 Å². The van der Waals surface area contributed by atoms with Gasteiger partial charge in [0.1, 0.15) is 6.33 Å². The smallest absolute Gasteiger partial charge is 0.245 e. The number of nitrogens with two attached hydrogens (primary N) is 1. The predicted octanol–water partition coefficient (Wildman–Crippen LogP) is 2.80. The molecule has 0 aliphatic carbocycles. The number of hydrogen-bond donors (Lipinski definition) is 1. The molecule has 0 aliphatic heterocycles. The van der Waals surface area contributed by atoms with E-state index in [9.17, 15) is 0 Å². The van der Waals surface area contributed by atoms with E-state index in [0.29, 0.717) is 17.3 Å². The zero-order valence-electron chi connectivity index (χ0n) is 12.6. The van der Waals surface area contributed by atoms with Gasteiger partial charge < -0.3 is 10.5 Å². The Morgan fingerprint density at radius 2 is 2.00 bits per heavy atom. The van der Waals surface area contributed by atoms with E-state index in [4.69, 9.17) is 10.5 Å². The van der Waals surface area contributed by atoms with Crippen LogP contribution in [0.1, 0.15) is 46.1 Å². The van der Waals surface area contributed by atoms with Crippen molar-refractivity contribution in [2.45, 2.75) is 46.1 Å². The molecule has 6 nitrogen and oxygen atoms in total. The van der Waals surface area contributed by atoms with Crippen LogP contribution >= 0.6 is 0 Å². The van der Waals surface area contributed by atoms with Gasteiger partial charge in [-0.25, -0.2) is 9.97 Å². The molecule has 0 bridgehead atoms. The number of aromatic nitrogens is 4. The molecule has 6 heteroatoms. The summed E-state index contributed by atoms with van der Waals surface area (Å²) in [5.74, 6) is 1.66. The second-order valence-electron chi connectivity index (χ2n) is 5.57. The quantitative estimate of drug-likeness (QED) is 0.878. The van der Waals surface area contributed by atoms with Crippen LogP contribution < -0.4 is 10.5 Å². The van der Waals surface area contributed by atoms with Gasteiger partial charge in [-0.3, -0.25) is 4.57 Å². The molecule has 0 amide bonds. The number of anilines is 1. The molecule has 0 saturated heterocycles. The van der Waals surface area contributed by atoms with E-state index >= 15 is 0 Å². The van der Waals surface area contributed by atoms with Crippen molar-refractivity contribution < 1.29 is 4.74 Å². The largest absolute Gasteiger partial charge is 0.479 e. The Balaban J connectivity index is 2.27. The fourth-order valence-electron chi connectivity index (χ4n) is 2.44. The van der Waals surface area contributed by atoms with E-state index in [2.05, 4.69) is 35.7 Å². The van der Waals surface area contributed by atoms with Gasteiger partial charge >= 0.3 is 0 Å². The van der Waals surface area contributed by atoms with E-state index in [1.165, 1.54) is 19.2 Å². The molecule has 0 fully saturated rings. The van der Waals surface area contributed by atoms with Crippen molar-refractivity contribution in [3.63, 3.8) is 0 Å². The summed E-state index contributed by atoms with van der Waals surface area (Å²) >= 11 is 0. The summed E-state index contributed by atoms with van der Waals surface area (Å²) < 4.78 is 7.18. The molecule has 0 saturated carbocycles. The Morgan fingerprint density at radius 3 is 2.65 bits per heavy atom. The van der Waals surface area contributed by atoms with Crippen molar-refractivity contribution in [2.24, 2.45) is 5.92 Å². The van der Waals surface area contributed by atoms with Gasteiger partial charge in [0, 0.05) is 6.04 Å². The molecule has 2 rings (SSSR count). The highest BCUT2D eigenvalue weighted by molar-refractivity contribution is 5.79. The summed E-state index contributed by atoms with van der Waals surface area (Å²) in [6.07, 6.45) is 4.93. The number of fused-ring (bicyclic) bond motifs is 1. The maximum atomic E-state index is 6.04. The molecule has 110 valence electrons. The van der Waals surface area contributed by atoms with Crippen LogP contribution in [0.25, 0.3) is 11.2 Å². The van der Waals surface area contributed by atoms with Crippen LogP contribution in [0.4, 0.5) is 5.95 Å². The molecule has 0 aromatic carbocycles. The first-order valence-electron chi connectivity index (χ1n) is 7.07. The van der Waals surface area contributed by atoms with Crippen LogP contribution in [0.3, 0.4) is 0 Å². The molecule has 2 heterocycles. The predicted molar refractivity (Wildman–Crippen MR) is 79.7 cm³/mol. The standard InChI is InChI=1S/C14H23N5O/c1-9(2)6-5-7-10(3)19-12-11(18-14(19)15)13(20-4)17-8-16-12/h8-10H,5-7H2,1-4H3,(H2,15,18). The number of imidazole rings is 1. The Labute approximate surface area is 119 Å². The number of rotatable bonds is 6. The van der Waals surface area contributed by atoms with E-state index in [1.54, 1.807) is 7.11 Å². The van der Waals surface area contributed by atoms with Crippen molar-refractivity contribution in [1.82, 2.24) is 19.5 Å². The molecular formula is C14H23N5O. The highest BCUT2D eigenvalue weighted by atomic mass is 16.5. The van der Waals surface area contributed by atoms with E-state index < -0.39 is 0 Å². The lowest BCUT2D eigenvalue weighted by molar-refractivity contribution is 0.401. The number of methoxy groups -OCH3 is 1. The average Bonchev–Trinajstić information content (AvgIpc) is 2.73. The first-order chi connectivity index (χ1) is 9.54. The monoisotopic (exact) mass is 277 g/mol. The van der Waals surface area contributed by atoms with Crippen LogP contribution in [-0.2, 0) is 0 Å². The van der Waals surface area contributed by atoms with Gasteiger partial charge in [0.2, 0.25) is 11.8 Å². The maximum Gasteiger partial charge on any atom is 0.245 e. The molecule has 1 unspecified atom stereocenters. The van der Waals surface area contributed by atoms with Crippen molar-refractivity contribution in [2.75, 3.05) is 12.8 Å². The van der Waals surface area contributed by atoms with Crippen molar-refractivity contribution in [3.05, 3.63) is 6.33 Å². The van der Waals surface area contributed by atoms with Gasteiger partial charge in [0.05, 0.1) is 7.11 Å². The fraction of sp³-hybridized carbons (Fsp3) is 0.643. The van der Waals surface area contributed by atoms with Gasteiger partial charge in [0.25, 0.3) is 0 Å². The molecule has 2 aromatic heterocycles. The fourth-order valence-corrected chi connectivity index (χ4v) is 2.44. The molecule has 2 N–H and O–H groups in total. The lowest BCUT2D eigenvalue weighted by atomic mass is 10.0. The molecule has 1 atom stereocenters. The summed E-state index contributed by atoms with van der Waals surface area (Å²) in [6.45, 7) is 6.62. The number of ether oxygens (including phenoxy) is 1. The van der Waals surface area contributed by atoms with Crippen molar-refractivity contribution in [1.29, 1.82) is 0 Å². The molecule has 0 aliphatic rings. The topological polar surface area (TPSA) is 78.8 Å². The number of hydrogen-bond acceptors (Lipinski definition) is 5. The molecular weight excluding hydrogens is 254 g/mol. The van der Waals surface area contributed by atoms with Gasteiger partial charge in [-0.15, -0.1) is 0 Å². The van der Waals surface area contributed by atoms with Crippen LogP contribution in [0.5, 0.6) is 5.88 Å². The van der Waals surface area contributed by atoms with Gasteiger partial charge in [0.15, 0.2) is 11.2 Å². The first-order valence-corrected chi connectivity index (χ1v) is 7.07. The maximum absolute atomic E-state index is 6.04. The van der Waals surface area contributed by atoms with Crippen molar-refractivity contribution in [3.8, 4) is 5.88 Å². The van der Waals surface area contributed by atoms with Gasteiger partial charge in [-0.05, 0) is 19.3 Å². The van der Waals surface area contributed by atoms with Gasteiger partial charge in [-0.2, -0.15) is 4.98 Å². The highest BCUT2D eigenvalue weighted by Gasteiger charge is 2.18. The summed E-state index contributed by atoms with van der Waals surface area (Å²) in [7, 11) is 1.57. The Kier molecular flexibility index (Phi) is 4.42. The molecule has 0 spiro atoms. The minimum Gasteiger partial charge on any atom is -0.479 e. The minimum absolute atomic E-state index is 0.262. The third-order valence-corrected chi connectivity index (χ3v) is 3.51. The van der Waals surface area contributed by atoms with Crippen LogP contribution in [0.15, 0.2) is 6.33 Å². The lowest BCUT2D eigenvalue weighted by Crippen LogP contribution is -2.10. The SMILES string of the molecule is COc1ncnc2c1nc(N)n2C(C)CCCC(C)C. The summed E-state index contributed by atoms with van der Waals surface area (Å²) in [6, 6.07) is 0.262. The zero-order valence-corrected chi connectivity index (χ0v) is 12.6. The summed E-state index contributed by atoms with van der Waals surface area (Å²) in [4.78, 5) is 12.7. The second-order valence-corrected chi connectivity index (χ2v) is 5.57. The lowest BCUT2D eigenvalue weighted by Gasteiger charge is -2.15. The third-order valence-electron chi connectivity index (χ3n) is 3.51.